The highest BCUT2D eigenvalue weighted by molar-refractivity contribution is 5.98. The zero-order chi connectivity index (χ0) is 25.9. The Morgan fingerprint density at radius 1 is 1.06 bits per heavy atom. The van der Waals surface area contributed by atoms with Crippen molar-refractivity contribution < 1.29 is 35.9 Å². The molecule has 2 aromatic carbocycles. The summed E-state index contributed by atoms with van der Waals surface area (Å²) in [6.45, 7) is -0.384. The van der Waals surface area contributed by atoms with Crippen LogP contribution in [0.25, 0.3) is 10.9 Å². The van der Waals surface area contributed by atoms with Crippen LogP contribution in [0.2, 0.25) is 0 Å². The number of benzene rings is 2. The minimum atomic E-state index is -4.91. The van der Waals surface area contributed by atoms with Gasteiger partial charge in [0.2, 0.25) is 5.88 Å². The van der Waals surface area contributed by atoms with Crippen LogP contribution in [0.1, 0.15) is 11.3 Å². The van der Waals surface area contributed by atoms with Crippen LogP contribution in [0, 0.1) is 5.82 Å². The lowest BCUT2D eigenvalue weighted by Crippen LogP contribution is -2.21. The molecule has 1 amide bonds. The standard InChI is InChI=1S/C23H17F6N5O2/c24-18-3-1-14(8-17(18)23(27,28)29)33-22(35)34-6-5-13-7-16(2-4-19(13)34)36-21-9-15(31-12-32-21)10-30-11-20(25)26/h1-9,12,20,30H,10-11H2,(H,33,35). The number of carbonyl (C=O) groups is 1. The fraction of sp³-hybridized carbons (Fsp3) is 0.174. The van der Waals surface area contributed by atoms with Crippen molar-refractivity contribution in [1.29, 1.82) is 0 Å². The summed E-state index contributed by atoms with van der Waals surface area (Å²) in [4.78, 5) is 20.6. The van der Waals surface area contributed by atoms with E-state index in [9.17, 15) is 31.1 Å². The molecule has 0 spiro atoms. The van der Waals surface area contributed by atoms with Crippen LogP contribution in [0.15, 0.2) is 61.1 Å². The molecule has 0 aliphatic rings. The van der Waals surface area contributed by atoms with Crippen molar-refractivity contribution in [3.63, 3.8) is 0 Å². The molecule has 0 bridgehead atoms. The van der Waals surface area contributed by atoms with Crippen molar-refractivity contribution in [2.45, 2.75) is 19.1 Å². The highest BCUT2D eigenvalue weighted by Crippen LogP contribution is 2.33. The predicted molar refractivity (Wildman–Crippen MR) is 118 cm³/mol. The molecule has 0 aliphatic carbocycles. The van der Waals surface area contributed by atoms with E-state index < -0.39 is 36.6 Å². The van der Waals surface area contributed by atoms with Gasteiger partial charge in [-0.3, -0.25) is 4.57 Å². The Morgan fingerprint density at radius 3 is 2.61 bits per heavy atom. The molecular formula is C23H17F6N5O2. The monoisotopic (exact) mass is 509 g/mol. The Hall–Kier alpha value is -4.13. The largest absolute Gasteiger partial charge is 0.439 e. The first kappa shape index (κ1) is 25.0. The maximum absolute atomic E-state index is 13.5. The van der Waals surface area contributed by atoms with Crippen LogP contribution >= 0.6 is 0 Å². The van der Waals surface area contributed by atoms with Gasteiger partial charge in [-0.1, -0.05) is 0 Å². The quantitative estimate of drug-likeness (QED) is 0.307. The fourth-order valence-electron chi connectivity index (χ4n) is 3.32. The Balaban J connectivity index is 1.48. The van der Waals surface area contributed by atoms with E-state index in [1.165, 1.54) is 23.2 Å². The van der Waals surface area contributed by atoms with Crippen LogP contribution in [0.5, 0.6) is 11.6 Å². The van der Waals surface area contributed by atoms with Crippen LogP contribution in [-0.4, -0.2) is 33.5 Å². The molecule has 0 saturated carbocycles. The predicted octanol–water partition coefficient (Wildman–Crippen LogP) is 5.82. The summed E-state index contributed by atoms with van der Waals surface area (Å²) >= 11 is 0. The summed E-state index contributed by atoms with van der Waals surface area (Å²) in [5.74, 6) is -0.911. The first-order chi connectivity index (χ1) is 17.1. The van der Waals surface area contributed by atoms with E-state index in [1.807, 2.05) is 0 Å². The molecule has 4 rings (SSSR count). The van der Waals surface area contributed by atoms with Crippen molar-refractivity contribution >= 4 is 22.6 Å². The number of ether oxygens (including phenoxy) is 1. The lowest BCUT2D eigenvalue weighted by molar-refractivity contribution is -0.139. The maximum Gasteiger partial charge on any atom is 0.419 e. The molecule has 0 fully saturated rings. The Bertz CT molecular complexity index is 1390. The molecule has 2 aromatic heterocycles. The van der Waals surface area contributed by atoms with Crippen LogP contribution in [0.4, 0.5) is 36.8 Å². The molecule has 0 atom stereocenters. The van der Waals surface area contributed by atoms with Gasteiger partial charge in [0.05, 0.1) is 23.3 Å². The number of nitrogens with zero attached hydrogens (tertiary/aromatic N) is 3. The molecule has 13 heteroatoms. The van der Waals surface area contributed by atoms with Gasteiger partial charge in [0, 0.05) is 29.9 Å². The van der Waals surface area contributed by atoms with Gasteiger partial charge in [0.1, 0.15) is 17.9 Å². The van der Waals surface area contributed by atoms with Gasteiger partial charge in [-0.15, -0.1) is 0 Å². The second-order valence-corrected chi connectivity index (χ2v) is 7.50. The van der Waals surface area contributed by atoms with Crippen LogP contribution in [0.3, 0.4) is 0 Å². The highest BCUT2D eigenvalue weighted by atomic mass is 19.4. The fourth-order valence-corrected chi connectivity index (χ4v) is 3.32. The van der Waals surface area contributed by atoms with E-state index in [0.29, 0.717) is 34.5 Å². The summed E-state index contributed by atoms with van der Waals surface area (Å²) < 4.78 is 83.7. The smallest absolute Gasteiger partial charge is 0.419 e. The second-order valence-electron chi connectivity index (χ2n) is 7.50. The van der Waals surface area contributed by atoms with Crippen LogP contribution < -0.4 is 15.4 Å². The number of nitrogens with one attached hydrogen (secondary N) is 2. The van der Waals surface area contributed by atoms with E-state index in [2.05, 4.69) is 20.6 Å². The first-order valence-corrected chi connectivity index (χ1v) is 10.4. The third-order valence-electron chi connectivity index (χ3n) is 4.93. The molecule has 0 unspecified atom stereocenters. The number of alkyl halides is 5. The van der Waals surface area contributed by atoms with Crippen molar-refractivity contribution in [1.82, 2.24) is 19.9 Å². The zero-order valence-corrected chi connectivity index (χ0v) is 18.2. The zero-order valence-electron chi connectivity index (χ0n) is 18.2. The molecule has 36 heavy (non-hydrogen) atoms. The summed E-state index contributed by atoms with van der Waals surface area (Å²) in [6, 6.07) is 9.20. The van der Waals surface area contributed by atoms with Gasteiger partial charge in [0.25, 0.3) is 6.43 Å². The molecule has 0 saturated heterocycles. The molecule has 2 heterocycles. The Labute approximate surface area is 199 Å². The van der Waals surface area contributed by atoms with E-state index in [-0.39, 0.29) is 18.1 Å². The van der Waals surface area contributed by atoms with E-state index in [1.54, 1.807) is 24.3 Å². The third-order valence-corrected chi connectivity index (χ3v) is 4.93. The summed E-state index contributed by atoms with van der Waals surface area (Å²) in [5, 5.41) is 5.44. The second kappa shape index (κ2) is 10.2. The van der Waals surface area contributed by atoms with Gasteiger partial charge >= 0.3 is 12.2 Å². The minimum absolute atomic E-state index is 0.0960. The Morgan fingerprint density at radius 2 is 1.86 bits per heavy atom. The number of hydrogen-bond acceptors (Lipinski definition) is 5. The van der Waals surface area contributed by atoms with Crippen molar-refractivity contribution in [3.05, 3.63) is 78.1 Å². The average molecular weight is 509 g/mol. The number of amides is 1. The summed E-state index contributed by atoms with van der Waals surface area (Å²) in [5.41, 5.74) is -0.841. The van der Waals surface area contributed by atoms with Crippen LogP contribution in [-0.2, 0) is 12.7 Å². The van der Waals surface area contributed by atoms with E-state index in [4.69, 9.17) is 4.74 Å². The van der Waals surface area contributed by atoms with Gasteiger partial charge in [-0.05, 0) is 42.5 Å². The molecule has 7 nitrogen and oxygen atoms in total. The number of carbonyl (C=O) groups excluding carboxylic acids is 1. The average Bonchev–Trinajstić information content (AvgIpc) is 3.23. The maximum atomic E-state index is 13.5. The topological polar surface area (TPSA) is 81.1 Å². The minimum Gasteiger partial charge on any atom is -0.439 e. The number of anilines is 1. The van der Waals surface area contributed by atoms with Crippen molar-refractivity contribution in [2.24, 2.45) is 0 Å². The SMILES string of the molecule is O=C(Nc1ccc(F)c(C(F)(F)F)c1)n1ccc2cc(Oc3cc(CNCC(F)F)ncn3)ccc21. The van der Waals surface area contributed by atoms with Gasteiger partial charge in [-0.25, -0.2) is 27.9 Å². The molecule has 188 valence electrons. The van der Waals surface area contributed by atoms with E-state index in [0.717, 1.165) is 6.07 Å². The van der Waals surface area contributed by atoms with Crippen molar-refractivity contribution in [2.75, 3.05) is 11.9 Å². The summed E-state index contributed by atoms with van der Waals surface area (Å²) in [6.07, 6.45) is -4.76. The lowest BCUT2D eigenvalue weighted by Gasteiger charge is -2.12. The highest BCUT2D eigenvalue weighted by Gasteiger charge is 2.34. The number of halogens is 6. The molecule has 0 radical (unpaired) electrons. The number of rotatable bonds is 7. The van der Waals surface area contributed by atoms with Gasteiger partial charge in [-0.2, -0.15) is 13.2 Å². The number of fused-ring (bicyclic) bond motifs is 1. The van der Waals surface area contributed by atoms with E-state index >= 15 is 0 Å². The molecule has 4 aromatic rings. The normalized spacial score (nSPS) is 11.8. The first-order valence-electron chi connectivity index (χ1n) is 10.4. The molecule has 2 N–H and O–H groups in total. The van der Waals surface area contributed by atoms with Gasteiger partial charge in [0.15, 0.2) is 0 Å². The number of aromatic nitrogens is 3. The summed E-state index contributed by atoms with van der Waals surface area (Å²) in [7, 11) is 0. The lowest BCUT2D eigenvalue weighted by atomic mass is 10.2. The number of hydrogen-bond donors (Lipinski definition) is 2. The molecular weight excluding hydrogens is 492 g/mol. The van der Waals surface area contributed by atoms with Crippen molar-refractivity contribution in [3.8, 4) is 11.6 Å². The van der Waals surface area contributed by atoms with Gasteiger partial charge < -0.3 is 15.4 Å². The third kappa shape index (κ3) is 5.92. The Kier molecular flexibility index (Phi) is 7.10. The molecule has 0 aliphatic heterocycles.